The summed E-state index contributed by atoms with van der Waals surface area (Å²) in [6, 6.07) is 15.9. The zero-order chi connectivity index (χ0) is 22.8. The zero-order valence-electron chi connectivity index (χ0n) is 19.1. The van der Waals surface area contributed by atoms with Crippen LogP contribution in [0.4, 0.5) is 4.39 Å². The predicted molar refractivity (Wildman–Crippen MR) is 127 cm³/mol. The molecule has 3 rings (SSSR count). The van der Waals surface area contributed by atoms with E-state index in [9.17, 15) is 9.18 Å². The summed E-state index contributed by atoms with van der Waals surface area (Å²) in [5.74, 6) is -1.15. The molecule has 2 aromatic carbocycles. The highest BCUT2D eigenvalue weighted by Crippen LogP contribution is 2.22. The van der Waals surface area contributed by atoms with E-state index >= 15 is 0 Å². The quantitative estimate of drug-likeness (QED) is 0.178. The Morgan fingerprint density at radius 1 is 0.844 bits per heavy atom. The van der Waals surface area contributed by atoms with E-state index in [1.165, 1.54) is 49.8 Å². The first-order chi connectivity index (χ1) is 15.6. The van der Waals surface area contributed by atoms with E-state index in [0.717, 1.165) is 36.1 Å². The molecule has 0 unspecified atom stereocenters. The first kappa shape index (κ1) is 23.6. The van der Waals surface area contributed by atoms with Gasteiger partial charge in [0.25, 0.3) is 0 Å². The summed E-state index contributed by atoms with van der Waals surface area (Å²) < 4.78 is 19.5. The molecule has 4 heteroatoms. The minimum absolute atomic E-state index is 0.0501. The Morgan fingerprint density at radius 2 is 1.59 bits per heavy atom. The normalized spacial score (nSPS) is 10.8. The molecule has 3 nitrogen and oxygen atoms in total. The van der Waals surface area contributed by atoms with Gasteiger partial charge in [0, 0.05) is 11.8 Å². The van der Waals surface area contributed by atoms with E-state index < -0.39 is 11.8 Å². The number of nitrogens with zero attached hydrogens (tertiary/aromatic N) is 1. The number of rotatable bonds is 11. The molecule has 0 amide bonds. The van der Waals surface area contributed by atoms with Gasteiger partial charge in [-0.15, -0.1) is 0 Å². The number of esters is 1. The van der Waals surface area contributed by atoms with Crippen LogP contribution in [0.5, 0.6) is 5.75 Å². The van der Waals surface area contributed by atoms with Crippen LogP contribution in [-0.2, 0) is 12.8 Å². The number of carbonyl (C=O) groups is 1. The Labute approximate surface area is 190 Å². The molecule has 0 radical (unpaired) electrons. The molecule has 0 aliphatic heterocycles. The van der Waals surface area contributed by atoms with Crippen LogP contribution in [0.1, 0.15) is 73.9 Å². The second kappa shape index (κ2) is 12.1. The molecule has 3 aromatic rings. The highest BCUT2D eigenvalue weighted by Gasteiger charge is 2.13. The van der Waals surface area contributed by atoms with Gasteiger partial charge in [-0.1, -0.05) is 70.2 Å². The number of ether oxygens (including phenoxy) is 1. The molecule has 1 heterocycles. The summed E-state index contributed by atoms with van der Waals surface area (Å²) >= 11 is 0. The zero-order valence-corrected chi connectivity index (χ0v) is 19.1. The molecule has 0 atom stereocenters. The van der Waals surface area contributed by atoms with E-state index in [4.69, 9.17) is 4.74 Å². The van der Waals surface area contributed by atoms with Gasteiger partial charge >= 0.3 is 5.97 Å². The average Bonchev–Trinajstić information content (AvgIpc) is 2.81. The van der Waals surface area contributed by atoms with Gasteiger partial charge in [-0.3, -0.25) is 4.98 Å². The van der Waals surface area contributed by atoms with Gasteiger partial charge in [-0.25, -0.2) is 9.18 Å². The smallest absolute Gasteiger partial charge is 0.343 e. The maximum atomic E-state index is 14.2. The molecule has 0 spiro atoms. The van der Waals surface area contributed by atoms with Crippen molar-refractivity contribution in [3.05, 3.63) is 83.3 Å². The maximum absolute atomic E-state index is 14.2. The van der Waals surface area contributed by atoms with Gasteiger partial charge < -0.3 is 4.74 Å². The van der Waals surface area contributed by atoms with E-state index in [1.54, 1.807) is 18.2 Å². The lowest BCUT2D eigenvalue weighted by Gasteiger charge is -2.08. The van der Waals surface area contributed by atoms with E-state index in [1.807, 2.05) is 31.3 Å². The number of unbranched alkanes of at least 4 members (excludes halogenated alkanes) is 4. The fourth-order valence-corrected chi connectivity index (χ4v) is 3.68. The number of pyridine rings is 1. The number of halogens is 1. The standard InChI is InChI=1S/C28H32FNO2/c1-3-5-6-7-8-10-22-11-17-26(30-20-22)23-13-15-24(16-14-23)28(31)32-27-18-12-21(9-4-2)19-25(27)29/h11-20H,3-10H2,1-2H3. The summed E-state index contributed by atoms with van der Waals surface area (Å²) in [5, 5.41) is 0. The number of carbonyl (C=O) groups excluding carboxylic acids is 1. The molecular formula is C28H32FNO2. The van der Waals surface area contributed by atoms with Gasteiger partial charge in [0.1, 0.15) is 0 Å². The maximum Gasteiger partial charge on any atom is 0.343 e. The molecule has 0 saturated carbocycles. The predicted octanol–water partition coefficient (Wildman–Crippen LogP) is 7.57. The second-order valence-electron chi connectivity index (χ2n) is 8.20. The van der Waals surface area contributed by atoms with Crippen molar-refractivity contribution in [2.75, 3.05) is 0 Å². The Bertz CT molecular complexity index is 997. The minimum Gasteiger partial charge on any atom is -0.420 e. The van der Waals surface area contributed by atoms with Crippen molar-refractivity contribution in [2.24, 2.45) is 0 Å². The summed E-state index contributed by atoms with van der Waals surface area (Å²) in [7, 11) is 0. The van der Waals surface area contributed by atoms with Crippen molar-refractivity contribution in [1.82, 2.24) is 4.98 Å². The largest absolute Gasteiger partial charge is 0.420 e. The Kier molecular flexibility index (Phi) is 8.97. The molecule has 0 aliphatic rings. The van der Waals surface area contributed by atoms with Gasteiger partial charge in [-0.05, 0) is 60.7 Å². The molecule has 0 saturated heterocycles. The lowest BCUT2D eigenvalue weighted by atomic mass is 10.0. The highest BCUT2D eigenvalue weighted by atomic mass is 19.1. The Hall–Kier alpha value is -3.01. The van der Waals surface area contributed by atoms with Crippen molar-refractivity contribution in [3.63, 3.8) is 0 Å². The number of aromatic nitrogens is 1. The fraction of sp³-hybridized carbons (Fsp3) is 0.357. The SMILES string of the molecule is CCCCCCCc1ccc(-c2ccc(C(=O)Oc3ccc(CCC)cc3F)cc2)nc1. The molecule has 32 heavy (non-hydrogen) atoms. The van der Waals surface area contributed by atoms with Crippen LogP contribution < -0.4 is 4.74 Å². The van der Waals surface area contributed by atoms with Crippen LogP contribution in [0.25, 0.3) is 11.3 Å². The third kappa shape index (κ3) is 6.74. The number of aryl methyl sites for hydroxylation is 2. The molecule has 168 valence electrons. The van der Waals surface area contributed by atoms with E-state index in [2.05, 4.69) is 18.0 Å². The molecule has 0 N–H and O–H groups in total. The average molecular weight is 434 g/mol. The van der Waals surface area contributed by atoms with Crippen LogP contribution in [-0.4, -0.2) is 11.0 Å². The molecule has 0 bridgehead atoms. The van der Waals surface area contributed by atoms with Crippen molar-refractivity contribution in [2.45, 2.75) is 65.2 Å². The lowest BCUT2D eigenvalue weighted by Crippen LogP contribution is -2.09. The van der Waals surface area contributed by atoms with Crippen molar-refractivity contribution in [3.8, 4) is 17.0 Å². The molecule has 1 aromatic heterocycles. The molecular weight excluding hydrogens is 401 g/mol. The van der Waals surface area contributed by atoms with Gasteiger partial charge in [0.2, 0.25) is 0 Å². The van der Waals surface area contributed by atoms with Crippen LogP contribution >= 0.6 is 0 Å². The van der Waals surface area contributed by atoms with Crippen LogP contribution in [0.15, 0.2) is 60.8 Å². The summed E-state index contributed by atoms with van der Waals surface area (Å²) in [6.45, 7) is 4.26. The highest BCUT2D eigenvalue weighted by molar-refractivity contribution is 5.91. The van der Waals surface area contributed by atoms with E-state index in [0.29, 0.717) is 5.56 Å². The second-order valence-corrected chi connectivity index (χ2v) is 8.20. The number of hydrogen-bond acceptors (Lipinski definition) is 3. The van der Waals surface area contributed by atoms with E-state index in [-0.39, 0.29) is 5.75 Å². The first-order valence-electron chi connectivity index (χ1n) is 11.7. The number of hydrogen-bond donors (Lipinski definition) is 0. The first-order valence-corrected chi connectivity index (χ1v) is 11.7. The topological polar surface area (TPSA) is 39.2 Å². The van der Waals surface area contributed by atoms with Crippen molar-refractivity contribution < 1.29 is 13.9 Å². The van der Waals surface area contributed by atoms with Crippen molar-refractivity contribution in [1.29, 1.82) is 0 Å². The third-order valence-corrected chi connectivity index (χ3v) is 5.55. The lowest BCUT2D eigenvalue weighted by molar-refractivity contribution is 0.0728. The van der Waals surface area contributed by atoms with Crippen LogP contribution in [0.2, 0.25) is 0 Å². The third-order valence-electron chi connectivity index (χ3n) is 5.55. The van der Waals surface area contributed by atoms with Crippen molar-refractivity contribution >= 4 is 5.97 Å². The Morgan fingerprint density at radius 3 is 2.25 bits per heavy atom. The summed E-state index contributed by atoms with van der Waals surface area (Å²) in [6.07, 6.45) is 11.0. The van der Waals surface area contributed by atoms with Gasteiger partial charge in [0.15, 0.2) is 11.6 Å². The molecule has 0 aliphatic carbocycles. The van der Waals surface area contributed by atoms with Gasteiger partial charge in [0.05, 0.1) is 11.3 Å². The molecule has 0 fully saturated rings. The summed E-state index contributed by atoms with van der Waals surface area (Å²) in [4.78, 5) is 17.0. The summed E-state index contributed by atoms with van der Waals surface area (Å²) in [5.41, 5.74) is 4.29. The van der Waals surface area contributed by atoms with Gasteiger partial charge in [-0.2, -0.15) is 0 Å². The monoisotopic (exact) mass is 433 g/mol. The Balaban J connectivity index is 1.58. The number of benzene rings is 2. The van der Waals surface area contributed by atoms with Crippen LogP contribution in [0, 0.1) is 5.82 Å². The minimum atomic E-state index is -0.579. The fourth-order valence-electron chi connectivity index (χ4n) is 3.68. The van der Waals surface area contributed by atoms with Crippen LogP contribution in [0.3, 0.4) is 0 Å².